The first-order chi connectivity index (χ1) is 15.5. The zero-order valence-electron chi connectivity index (χ0n) is 16.8. The summed E-state index contributed by atoms with van der Waals surface area (Å²) in [4.78, 5) is 4.17. The highest BCUT2D eigenvalue weighted by Gasteiger charge is 2.23. The van der Waals surface area contributed by atoms with Crippen molar-refractivity contribution in [3.63, 3.8) is 0 Å². The van der Waals surface area contributed by atoms with Gasteiger partial charge in [0.2, 0.25) is 5.89 Å². The van der Waals surface area contributed by atoms with Crippen LogP contribution in [0.25, 0.3) is 22.6 Å². The topological polar surface area (TPSA) is 104 Å². The summed E-state index contributed by atoms with van der Waals surface area (Å²) in [5.41, 5.74) is 1.17. The molecule has 0 saturated heterocycles. The van der Waals surface area contributed by atoms with Gasteiger partial charge in [-0.15, -0.1) is 0 Å². The van der Waals surface area contributed by atoms with E-state index in [1.165, 1.54) is 54.6 Å². The highest BCUT2D eigenvalue weighted by atomic mass is 35.5. The van der Waals surface area contributed by atoms with Gasteiger partial charge in [-0.2, -0.15) is 8.42 Å². The molecule has 0 amide bonds. The Bertz CT molecular complexity index is 1600. The summed E-state index contributed by atoms with van der Waals surface area (Å²) in [6.07, 6.45) is 0. The van der Waals surface area contributed by atoms with E-state index in [9.17, 15) is 16.8 Å². The Hall–Kier alpha value is -2.30. The molecule has 0 unspecified atom stereocenters. The van der Waals surface area contributed by atoms with Gasteiger partial charge in [0.1, 0.15) is 10.4 Å². The van der Waals surface area contributed by atoms with Crippen molar-refractivity contribution >= 4 is 65.9 Å². The SMILES string of the molecule is CCS(=O)(=O)c1ccc2oc(-c3ccc(OS(=O)(=O)c4cccc(Cl)c4Cl)c(Cl)c3)nc2c1. The van der Waals surface area contributed by atoms with Gasteiger partial charge >= 0.3 is 10.1 Å². The maximum absolute atomic E-state index is 12.6. The molecule has 0 bridgehead atoms. The van der Waals surface area contributed by atoms with E-state index in [2.05, 4.69) is 4.98 Å². The predicted molar refractivity (Wildman–Crippen MR) is 126 cm³/mol. The summed E-state index contributed by atoms with van der Waals surface area (Å²) in [5, 5.41) is -0.123. The summed E-state index contributed by atoms with van der Waals surface area (Å²) >= 11 is 18.1. The molecule has 172 valence electrons. The van der Waals surface area contributed by atoms with Crippen molar-refractivity contribution in [2.45, 2.75) is 16.7 Å². The molecule has 1 heterocycles. The average Bonchev–Trinajstić information content (AvgIpc) is 3.20. The number of hydrogen-bond acceptors (Lipinski definition) is 7. The predicted octanol–water partition coefficient (Wildman–Crippen LogP) is 6.02. The molecule has 1 aromatic heterocycles. The summed E-state index contributed by atoms with van der Waals surface area (Å²) in [7, 11) is -7.70. The van der Waals surface area contributed by atoms with E-state index >= 15 is 0 Å². The van der Waals surface area contributed by atoms with E-state index in [-0.39, 0.29) is 42.3 Å². The number of sulfone groups is 1. The molecule has 3 aromatic carbocycles. The van der Waals surface area contributed by atoms with Crippen LogP contribution in [0.15, 0.2) is 68.8 Å². The van der Waals surface area contributed by atoms with Crippen LogP contribution in [0.1, 0.15) is 6.92 Å². The minimum Gasteiger partial charge on any atom is -0.436 e. The fourth-order valence-electron chi connectivity index (χ4n) is 2.93. The number of benzene rings is 3. The second-order valence-corrected chi connectivity index (χ2v) is 11.8. The quantitative estimate of drug-likeness (QED) is 0.273. The second kappa shape index (κ2) is 8.81. The van der Waals surface area contributed by atoms with Crippen LogP contribution >= 0.6 is 34.8 Å². The molecule has 0 aliphatic rings. The molecule has 0 atom stereocenters. The lowest BCUT2D eigenvalue weighted by Crippen LogP contribution is -2.10. The standard InChI is InChI=1S/C21H14Cl3NO6S2/c1-2-32(26,27)13-7-9-18-16(11-13)25-21(30-18)12-6-8-17(15(23)10-12)31-33(28,29)19-5-3-4-14(22)20(19)24/h3-11H,2H2,1H3. The fraction of sp³-hybridized carbons (Fsp3) is 0.0952. The number of oxazole rings is 1. The van der Waals surface area contributed by atoms with Gasteiger partial charge in [0, 0.05) is 5.56 Å². The first-order valence-electron chi connectivity index (χ1n) is 9.33. The number of fused-ring (bicyclic) bond motifs is 1. The van der Waals surface area contributed by atoms with E-state index in [0.29, 0.717) is 16.7 Å². The summed E-state index contributed by atoms with van der Waals surface area (Å²) in [6, 6.07) is 12.8. The number of halogens is 3. The molecule has 33 heavy (non-hydrogen) atoms. The van der Waals surface area contributed by atoms with Crippen LogP contribution < -0.4 is 4.18 Å². The molecule has 0 radical (unpaired) electrons. The normalized spacial score (nSPS) is 12.2. The number of rotatable bonds is 6. The molecule has 0 spiro atoms. The Morgan fingerprint density at radius 1 is 0.939 bits per heavy atom. The fourth-order valence-corrected chi connectivity index (χ4v) is 5.78. The Kier molecular flexibility index (Phi) is 6.36. The Labute approximate surface area is 204 Å². The first-order valence-corrected chi connectivity index (χ1v) is 13.5. The first kappa shape index (κ1) is 23.8. The van der Waals surface area contributed by atoms with Gasteiger partial charge in [0.05, 0.1) is 25.7 Å². The van der Waals surface area contributed by atoms with E-state index in [1.54, 1.807) is 6.92 Å². The van der Waals surface area contributed by atoms with Crippen LogP contribution in [0.4, 0.5) is 0 Å². The minimum atomic E-state index is -4.31. The van der Waals surface area contributed by atoms with E-state index in [4.69, 9.17) is 43.4 Å². The van der Waals surface area contributed by atoms with Crippen molar-refractivity contribution in [3.05, 3.63) is 69.7 Å². The van der Waals surface area contributed by atoms with E-state index in [0.717, 1.165) is 0 Å². The molecular weight excluding hydrogens is 533 g/mol. The van der Waals surface area contributed by atoms with Gasteiger partial charge in [-0.25, -0.2) is 13.4 Å². The Morgan fingerprint density at radius 2 is 1.70 bits per heavy atom. The second-order valence-electron chi connectivity index (χ2n) is 6.79. The van der Waals surface area contributed by atoms with Crippen molar-refractivity contribution in [1.29, 1.82) is 0 Å². The molecule has 0 aliphatic heterocycles. The third-order valence-corrected chi connectivity index (χ3v) is 8.90. The highest BCUT2D eigenvalue weighted by Crippen LogP contribution is 2.35. The van der Waals surface area contributed by atoms with Gasteiger partial charge in [0.15, 0.2) is 21.2 Å². The van der Waals surface area contributed by atoms with Crippen molar-refractivity contribution in [1.82, 2.24) is 4.98 Å². The lowest BCUT2D eigenvalue weighted by molar-refractivity contribution is 0.486. The van der Waals surface area contributed by atoms with Gasteiger partial charge in [-0.05, 0) is 48.5 Å². The van der Waals surface area contributed by atoms with Gasteiger partial charge in [-0.1, -0.05) is 47.8 Å². The van der Waals surface area contributed by atoms with Gasteiger partial charge in [0.25, 0.3) is 0 Å². The van der Waals surface area contributed by atoms with E-state index in [1.807, 2.05) is 0 Å². The highest BCUT2D eigenvalue weighted by molar-refractivity contribution is 7.91. The lowest BCUT2D eigenvalue weighted by atomic mass is 10.2. The summed E-state index contributed by atoms with van der Waals surface area (Å²) in [6.45, 7) is 1.56. The third-order valence-electron chi connectivity index (χ3n) is 4.66. The molecule has 7 nitrogen and oxygen atoms in total. The average molecular weight is 547 g/mol. The van der Waals surface area contributed by atoms with Crippen molar-refractivity contribution in [3.8, 4) is 17.2 Å². The summed E-state index contributed by atoms with van der Waals surface area (Å²) in [5.74, 6) is -0.00187. The monoisotopic (exact) mass is 545 g/mol. The smallest absolute Gasteiger partial charge is 0.340 e. The van der Waals surface area contributed by atoms with Crippen molar-refractivity contribution in [2.75, 3.05) is 5.75 Å². The molecule has 4 aromatic rings. The largest absolute Gasteiger partial charge is 0.436 e. The molecular formula is C21H14Cl3NO6S2. The third kappa shape index (κ3) is 4.69. The Balaban J connectivity index is 1.66. The lowest BCUT2D eigenvalue weighted by Gasteiger charge is -2.10. The zero-order chi connectivity index (χ0) is 24.0. The molecule has 0 saturated carbocycles. The maximum atomic E-state index is 12.6. The molecule has 0 aliphatic carbocycles. The van der Waals surface area contributed by atoms with Crippen molar-refractivity contribution in [2.24, 2.45) is 0 Å². The maximum Gasteiger partial charge on any atom is 0.340 e. The van der Waals surface area contributed by atoms with Crippen LogP contribution in [-0.2, 0) is 20.0 Å². The van der Waals surface area contributed by atoms with Crippen molar-refractivity contribution < 1.29 is 25.4 Å². The van der Waals surface area contributed by atoms with Crippen LogP contribution in [0, 0.1) is 0 Å². The van der Waals surface area contributed by atoms with Crippen LogP contribution in [0.3, 0.4) is 0 Å². The summed E-state index contributed by atoms with van der Waals surface area (Å²) < 4.78 is 60.3. The molecule has 0 fully saturated rings. The van der Waals surface area contributed by atoms with Crippen LogP contribution in [0.2, 0.25) is 15.1 Å². The van der Waals surface area contributed by atoms with Gasteiger partial charge in [-0.3, -0.25) is 0 Å². The van der Waals surface area contributed by atoms with E-state index < -0.39 is 20.0 Å². The van der Waals surface area contributed by atoms with Crippen LogP contribution in [0.5, 0.6) is 5.75 Å². The number of nitrogens with zero attached hydrogens (tertiary/aromatic N) is 1. The van der Waals surface area contributed by atoms with Crippen LogP contribution in [-0.4, -0.2) is 27.6 Å². The van der Waals surface area contributed by atoms with Gasteiger partial charge < -0.3 is 8.60 Å². The number of aromatic nitrogens is 1. The number of hydrogen-bond donors (Lipinski definition) is 0. The molecule has 12 heteroatoms. The molecule has 0 N–H and O–H groups in total. The zero-order valence-corrected chi connectivity index (χ0v) is 20.7. The Morgan fingerprint density at radius 3 is 2.39 bits per heavy atom. The molecule has 4 rings (SSSR count). The minimum absolute atomic E-state index is 0.0225.